The van der Waals surface area contributed by atoms with Gasteiger partial charge in [0.1, 0.15) is 5.02 Å². The van der Waals surface area contributed by atoms with Gasteiger partial charge in [-0.1, -0.05) is 18.5 Å². The third-order valence-corrected chi connectivity index (χ3v) is 4.41. The Kier molecular flexibility index (Phi) is 5.65. The smallest absolute Gasteiger partial charge is 0.287 e. The van der Waals surface area contributed by atoms with Crippen LogP contribution in [0.4, 0.5) is 5.69 Å². The Balaban J connectivity index is 2.07. The van der Waals surface area contributed by atoms with Crippen molar-refractivity contribution in [2.75, 3.05) is 31.1 Å². The number of hydrogen-bond donors (Lipinski definition) is 1. The summed E-state index contributed by atoms with van der Waals surface area (Å²) in [5, 5.41) is 7.95. The molecule has 5 nitrogen and oxygen atoms in total. The molecule has 0 aliphatic carbocycles. The van der Waals surface area contributed by atoms with Gasteiger partial charge in [-0.25, -0.2) is 4.68 Å². The maximum absolute atomic E-state index is 12.2. The monoisotopic (exact) mass is 312 g/mol. The highest BCUT2D eigenvalue weighted by Gasteiger charge is 2.22. The van der Waals surface area contributed by atoms with E-state index in [4.69, 9.17) is 11.6 Å². The summed E-state index contributed by atoms with van der Waals surface area (Å²) in [5.41, 5.74) is 0.583. The van der Waals surface area contributed by atoms with Gasteiger partial charge in [-0.3, -0.25) is 4.79 Å². The van der Waals surface area contributed by atoms with Gasteiger partial charge in [0.25, 0.3) is 5.56 Å². The minimum absolute atomic E-state index is 0.0231. The highest BCUT2D eigenvalue weighted by molar-refractivity contribution is 6.33. The van der Waals surface area contributed by atoms with Crippen molar-refractivity contribution in [2.45, 2.75) is 39.7 Å². The van der Waals surface area contributed by atoms with Crippen LogP contribution in [0.2, 0.25) is 5.02 Å². The molecule has 2 rings (SSSR count). The first-order valence-corrected chi connectivity index (χ1v) is 8.15. The van der Waals surface area contributed by atoms with E-state index in [9.17, 15) is 4.79 Å². The van der Waals surface area contributed by atoms with Crippen molar-refractivity contribution >= 4 is 17.3 Å². The lowest BCUT2D eigenvalue weighted by Gasteiger charge is -2.34. The van der Waals surface area contributed by atoms with Crippen molar-refractivity contribution in [2.24, 2.45) is 5.92 Å². The van der Waals surface area contributed by atoms with Crippen LogP contribution < -0.4 is 15.8 Å². The van der Waals surface area contributed by atoms with Crippen LogP contribution >= 0.6 is 11.6 Å². The van der Waals surface area contributed by atoms with E-state index in [1.54, 1.807) is 6.20 Å². The molecule has 6 heteroatoms. The SMILES string of the molecule is CCNCC1CCN(c2cnn(C(C)C)c(=O)c2Cl)CC1. The standard InChI is InChI=1S/C15H25ClN4O/c1-4-17-9-12-5-7-19(8-6-12)13-10-18-20(11(2)3)15(21)14(13)16/h10-12,17H,4-9H2,1-3H3. The first kappa shape index (κ1) is 16.3. The number of piperidine rings is 1. The van der Waals surface area contributed by atoms with Crippen LogP contribution in [0.25, 0.3) is 0 Å². The second kappa shape index (κ2) is 7.27. The molecular formula is C15H25ClN4O. The van der Waals surface area contributed by atoms with E-state index >= 15 is 0 Å². The van der Waals surface area contributed by atoms with Gasteiger partial charge in [-0.15, -0.1) is 0 Å². The maximum Gasteiger partial charge on any atom is 0.287 e. The van der Waals surface area contributed by atoms with Crippen molar-refractivity contribution in [3.8, 4) is 0 Å². The van der Waals surface area contributed by atoms with E-state index in [2.05, 4.69) is 22.2 Å². The summed E-state index contributed by atoms with van der Waals surface area (Å²) in [5.74, 6) is 0.712. The summed E-state index contributed by atoms with van der Waals surface area (Å²) >= 11 is 6.27. The fourth-order valence-corrected chi connectivity index (χ4v) is 3.01. The van der Waals surface area contributed by atoms with Gasteiger partial charge in [0.15, 0.2) is 0 Å². The van der Waals surface area contributed by atoms with Gasteiger partial charge >= 0.3 is 0 Å². The summed E-state index contributed by atoms with van der Waals surface area (Å²) in [7, 11) is 0. The Morgan fingerprint density at radius 3 is 2.67 bits per heavy atom. The second-order valence-electron chi connectivity index (χ2n) is 5.93. The number of aromatic nitrogens is 2. The van der Waals surface area contributed by atoms with Crippen molar-refractivity contribution < 1.29 is 0 Å². The van der Waals surface area contributed by atoms with E-state index in [1.165, 1.54) is 4.68 Å². The predicted octanol–water partition coefficient (Wildman–Crippen LogP) is 2.30. The Labute approximate surface area is 131 Å². The van der Waals surface area contributed by atoms with Crippen LogP contribution in [-0.4, -0.2) is 36.0 Å². The topological polar surface area (TPSA) is 50.2 Å². The number of halogens is 1. The molecule has 21 heavy (non-hydrogen) atoms. The lowest BCUT2D eigenvalue weighted by atomic mass is 9.96. The summed E-state index contributed by atoms with van der Waals surface area (Å²) in [6.07, 6.45) is 3.97. The summed E-state index contributed by atoms with van der Waals surface area (Å²) in [4.78, 5) is 14.4. The van der Waals surface area contributed by atoms with Gasteiger partial charge in [0.05, 0.1) is 17.9 Å². The predicted molar refractivity (Wildman–Crippen MR) is 87.4 cm³/mol. The van der Waals surface area contributed by atoms with Crippen LogP contribution in [0.1, 0.15) is 39.7 Å². The zero-order valence-electron chi connectivity index (χ0n) is 13.1. The number of rotatable bonds is 5. The third-order valence-electron chi connectivity index (χ3n) is 4.05. The molecule has 1 aliphatic heterocycles. The van der Waals surface area contributed by atoms with Crippen LogP contribution in [0.5, 0.6) is 0 Å². The first-order valence-electron chi connectivity index (χ1n) is 7.77. The number of anilines is 1. The molecule has 118 valence electrons. The lowest BCUT2D eigenvalue weighted by molar-refractivity contribution is 0.386. The molecule has 0 radical (unpaired) electrons. The molecule has 0 bridgehead atoms. The molecule has 1 aromatic heterocycles. The molecule has 0 amide bonds. The van der Waals surface area contributed by atoms with E-state index < -0.39 is 0 Å². The number of nitrogens with one attached hydrogen (secondary N) is 1. The van der Waals surface area contributed by atoms with Crippen LogP contribution in [-0.2, 0) is 0 Å². The number of hydrogen-bond acceptors (Lipinski definition) is 4. The first-order chi connectivity index (χ1) is 10.0. The molecule has 1 N–H and O–H groups in total. The summed E-state index contributed by atoms with van der Waals surface area (Å²) in [6, 6.07) is 0.0231. The van der Waals surface area contributed by atoms with Crippen LogP contribution in [0.3, 0.4) is 0 Å². The molecule has 1 fully saturated rings. The van der Waals surface area contributed by atoms with E-state index in [-0.39, 0.29) is 11.6 Å². The van der Waals surface area contributed by atoms with Crippen molar-refractivity contribution in [3.05, 3.63) is 21.6 Å². The molecule has 1 aliphatic rings. The minimum atomic E-state index is -0.195. The summed E-state index contributed by atoms with van der Waals surface area (Å²) < 4.78 is 1.43. The second-order valence-corrected chi connectivity index (χ2v) is 6.30. The zero-order valence-corrected chi connectivity index (χ0v) is 13.9. The van der Waals surface area contributed by atoms with Crippen LogP contribution in [0, 0.1) is 5.92 Å². The molecule has 0 saturated carbocycles. The molecule has 1 saturated heterocycles. The Bertz CT molecular complexity index is 521. The summed E-state index contributed by atoms with van der Waals surface area (Å²) in [6.45, 7) is 9.94. The quantitative estimate of drug-likeness (QED) is 0.906. The molecule has 2 heterocycles. The molecule has 0 atom stereocenters. The minimum Gasteiger partial charge on any atom is -0.369 e. The highest BCUT2D eigenvalue weighted by Crippen LogP contribution is 2.26. The Hall–Kier alpha value is -1.07. The van der Waals surface area contributed by atoms with Crippen LogP contribution in [0.15, 0.2) is 11.0 Å². The average Bonchev–Trinajstić information content (AvgIpc) is 2.48. The van der Waals surface area contributed by atoms with E-state index in [0.29, 0.717) is 10.9 Å². The van der Waals surface area contributed by atoms with Crippen molar-refractivity contribution in [1.82, 2.24) is 15.1 Å². The largest absolute Gasteiger partial charge is 0.369 e. The van der Waals surface area contributed by atoms with Gasteiger partial charge in [-0.2, -0.15) is 5.10 Å². The Morgan fingerprint density at radius 1 is 1.43 bits per heavy atom. The zero-order chi connectivity index (χ0) is 15.4. The fraction of sp³-hybridized carbons (Fsp3) is 0.733. The van der Waals surface area contributed by atoms with E-state index in [1.807, 2.05) is 13.8 Å². The third kappa shape index (κ3) is 3.77. The van der Waals surface area contributed by atoms with Gasteiger partial charge in [-0.05, 0) is 45.7 Å². The van der Waals surface area contributed by atoms with E-state index in [0.717, 1.165) is 44.7 Å². The van der Waals surface area contributed by atoms with Gasteiger partial charge < -0.3 is 10.2 Å². The van der Waals surface area contributed by atoms with Crippen molar-refractivity contribution in [1.29, 1.82) is 0 Å². The Morgan fingerprint density at radius 2 is 2.10 bits per heavy atom. The normalized spacial score (nSPS) is 16.7. The fourth-order valence-electron chi connectivity index (χ4n) is 2.75. The maximum atomic E-state index is 12.2. The molecular weight excluding hydrogens is 288 g/mol. The number of nitrogens with zero attached hydrogens (tertiary/aromatic N) is 3. The molecule has 1 aromatic rings. The lowest BCUT2D eigenvalue weighted by Crippen LogP contribution is -2.38. The average molecular weight is 313 g/mol. The molecule has 0 unspecified atom stereocenters. The van der Waals surface area contributed by atoms with Gasteiger partial charge in [0.2, 0.25) is 0 Å². The van der Waals surface area contributed by atoms with Crippen molar-refractivity contribution in [3.63, 3.8) is 0 Å². The van der Waals surface area contributed by atoms with Gasteiger partial charge in [0, 0.05) is 13.1 Å². The molecule has 0 spiro atoms. The highest BCUT2D eigenvalue weighted by atomic mass is 35.5. The molecule has 0 aromatic carbocycles.